The molecule has 18 heavy (non-hydrogen) atoms. The van der Waals surface area contributed by atoms with Gasteiger partial charge in [0.05, 0.1) is 0 Å². The van der Waals surface area contributed by atoms with E-state index in [2.05, 4.69) is 0 Å². The van der Waals surface area contributed by atoms with Gasteiger partial charge in [0.15, 0.2) is 6.10 Å². The molecule has 2 rings (SSSR count). The molecule has 0 amide bonds. The molecule has 92 valence electrons. The molecule has 1 N–H and O–H groups in total. The number of hydrogen-bond donors (Lipinski definition) is 1. The van der Waals surface area contributed by atoms with Crippen molar-refractivity contribution in [3.05, 3.63) is 71.8 Å². The maximum absolute atomic E-state index is 11.6. The highest BCUT2D eigenvalue weighted by atomic mass is 16.5. The largest absolute Gasteiger partial charge is 0.459 e. The lowest BCUT2D eigenvalue weighted by Crippen LogP contribution is -2.15. The average Bonchev–Trinajstić information content (AvgIpc) is 2.46. The Morgan fingerprint density at radius 1 is 1.00 bits per heavy atom. The van der Waals surface area contributed by atoms with Crippen LogP contribution in [-0.4, -0.2) is 11.1 Å². The van der Waals surface area contributed by atoms with E-state index in [9.17, 15) is 9.90 Å². The molecular formula is C15H14O3. The first-order valence-corrected chi connectivity index (χ1v) is 5.71. The van der Waals surface area contributed by atoms with Gasteiger partial charge in [-0.05, 0) is 11.1 Å². The fourth-order valence-electron chi connectivity index (χ4n) is 1.58. The Labute approximate surface area is 106 Å². The van der Waals surface area contributed by atoms with Gasteiger partial charge in [-0.2, -0.15) is 0 Å². The Morgan fingerprint density at radius 3 is 2.17 bits per heavy atom. The van der Waals surface area contributed by atoms with E-state index < -0.39 is 12.1 Å². The maximum atomic E-state index is 11.6. The van der Waals surface area contributed by atoms with Crippen LogP contribution in [0.25, 0.3) is 0 Å². The van der Waals surface area contributed by atoms with Gasteiger partial charge in [0, 0.05) is 0 Å². The van der Waals surface area contributed by atoms with Gasteiger partial charge in [0.1, 0.15) is 6.61 Å². The fourth-order valence-corrected chi connectivity index (χ4v) is 1.58. The number of hydrogen-bond acceptors (Lipinski definition) is 3. The first-order valence-electron chi connectivity index (χ1n) is 5.71. The Balaban J connectivity index is 1.93. The molecule has 0 radical (unpaired) electrons. The summed E-state index contributed by atoms with van der Waals surface area (Å²) in [6, 6.07) is 18.1. The van der Waals surface area contributed by atoms with E-state index in [0.717, 1.165) is 5.56 Å². The number of aliphatic hydroxyl groups excluding tert-OH is 1. The minimum absolute atomic E-state index is 0.170. The maximum Gasteiger partial charge on any atom is 0.339 e. The molecule has 1 atom stereocenters. The van der Waals surface area contributed by atoms with Crippen LogP contribution in [0.2, 0.25) is 0 Å². The number of esters is 1. The van der Waals surface area contributed by atoms with E-state index in [-0.39, 0.29) is 6.61 Å². The second kappa shape index (κ2) is 5.98. The lowest BCUT2D eigenvalue weighted by atomic mass is 10.1. The zero-order valence-electron chi connectivity index (χ0n) is 9.82. The van der Waals surface area contributed by atoms with Crippen molar-refractivity contribution in [3.8, 4) is 0 Å². The molecule has 0 aliphatic heterocycles. The van der Waals surface area contributed by atoms with E-state index >= 15 is 0 Å². The van der Waals surface area contributed by atoms with Crippen molar-refractivity contribution < 1.29 is 14.6 Å². The lowest BCUT2D eigenvalue weighted by molar-refractivity contribution is -0.155. The van der Waals surface area contributed by atoms with Gasteiger partial charge in [-0.3, -0.25) is 0 Å². The summed E-state index contributed by atoms with van der Waals surface area (Å²) in [5, 5.41) is 9.79. The average molecular weight is 242 g/mol. The van der Waals surface area contributed by atoms with Crippen LogP contribution in [0.5, 0.6) is 0 Å². The monoisotopic (exact) mass is 242 g/mol. The number of ether oxygens (including phenoxy) is 1. The van der Waals surface area contributed by atoms with E-state index in [4.69, 9.17) is 4.74 Å². The van der Waals surface area contributed by atoms with Gasteiger partial charge in [0.2, 0.25) is 0 Å². The summed E-state index contributed by atoms with van der Waals surface area (Å²) in [7, 11) is 0. The number of benzene rings is 2. The highest BCUT2D eigenvalue weighted by Crippen LogP contribution is 2.14. The highest BCUT2D eigenvalue weighted by Gasteiger charge is 2.18. The van der Waals surface area contributed by atoms with Crippen LogP contribution in [0.1, 0.15) is 17.2 Å². The van der Waals surface area contributed by atoms with E-state index in [1.54, 1.807) is 24.3 Å². The quantitative estimate of drug-likeness (QED) is 0.838. The smallest absolute Gasteiger partial charge is 0.339 e. The highest BCUT2D eigenvalue weighted by molar-refractivity contribution is 5.76. The molecular weight excluding hydrogens is 228 g/mol. The molecule has 0 unspecified atom stereocenters. The number of aliphatic hydroxyl groups is 1. The Morgan fingerprint density at radius 2 is 1.56 bits per heavy atom. The van der Waals surface area contributed by atoms with Gasteiger partial charge < -0.3 is 9.84 Å². The summed E-state index contributed by atoms with van der Waals surface area (Å²) < 4.78 is 5.06. The summed E-state index contributed by atoms with van der Waals surface area (Å²) in [5.41, 5.74) is 1.43. The second-order valence-corrected chi connectivity index (χ2v) is 3.91. The van der Waals surface area contributed by atoms with Crippen LogP contribution in [0, 0.1) is 0 Å². The minimum atomic E-state index is -1.23. The molecule has 0 spiro atoms. The molecule has 0 aliphatic rings. The van der Waals surface area contributed by atoms with Gasteiger partial charge in [-0.25, -0.2) is 4.79 Å². The third-order valence-electron chi connectivity index (χ3n) is 2.56. The van der Waals surface area contributed by atoms with Crippen molar-refractivity contribution in [2.75, 3.05) is 0 Å². The zero-order valence-corrected chi connectivity index (χ0v) is 9.82. The van der Waals surface area contributed by atoms with E-state index in [1.807, 2.05) is 36.4 Å². The summed E-state index contributed by atoms with van der Waals surface area (Å²) in [4.78, 5) is 11.6. The third-order valence-corrected chi connectivity index (χ3v) is 2.56. The van der Waals surface area contributed by atoms with Gasteiger partial charge in [-0.15, -0.1) is 0 Å². The topological polar surface area (TPSA) is 46.5 Å². The van der Waals surface area contributed by atoms with Gasteiger partial charge >= 0.3 is 5.97 Å². The van der Waals surface area contributed by atoms with Crippen molar-refractivity contribution in [2.24, 2.45) is 0 Å². The molecule has 0 bridgehead atoms. The molecule has 3 nitrogen and oxygen atoms in total. The van der Waals surface area contributed by atoms with E-state index in [0.29, 0.717) is 5.56 Å². The standard InChI is InChI=1S/C15H14O3/c16-14(13-9-5-2-6-10-13)15(17)18-11-12-7-3-1-4-8-12/h1-10,14,16H,11H2/t14-/m1/s1. The van der Waals surface area contributed by atoms with Crippen molar-refractivity contribution in [2.45, 2.75) is 12.7 Å². The normalized spacial score (nSPS) is 11.8. The van der Waals surface area contributed by atoms with Gasteiger partial charge in [0.25, 0.3) is 0 Å². The van der Waals surface area contributed by atoms with Crippen LogP contribution in [0.3, 0.4) is 0 Å². The van der Waals surface area contributed by atoms with Crippen molar-refractivity contribution in [1.82, 2.24) is 0 Å². The molecule has 3 heteroatoms. The molecule has 0 aliphatic carbocycles. The van der Waals surface area contributed by atoms with Gasteiger partial charge in [-0.1, -0.05) is 60.7 Å². The Bertz CT molecular complexity index is 494. The Hall–Kier alpha value is -2.13. The molecule has 0 saturated heterocycles. The summed E-state index contributed by atoms with van der Waals surface area (Å²) >= 11 is 0. The van der Waals surface area contributed by atoms with Crippen LogP contribution >= 0.6 is 0 Å². The number of rotatable bonds is 4. The van der Waals surface area contributed by atoms with Crippen LogP contribution in [0.4, 0.5) is 0 Å². The van der Waals surface area contributed by atoms with Crippen LogP contribution in [0.15, 0.2) is 60.7 Å². The second-order valence-electron chi connectivity index (χ2n) is 3.91. The first-order chi connectivity index (χ1) is 8.77. The summed E-state index contributed by atoms with van der Waals surface area (Å²) in [6.45, 7) is 0.170. The van der Waals surface area contributed by atoms with Crippen molar-refractivity contribution in [3.63, 3.8) is 0 Å². The molecule has 2 aromatic carbocycles. The summed E-state index contributed by atoms with van der Waals surface area (Å²) in [6.07, 6.45) is -1.23. The van der Waals surface area contributed by atoms with Crippen molar-refractivity contribution >= 4 is 5.97 Å². The molecule has 2 aromatic rings. The summed E-state index contributed by atoms with van der Waals surface area (Å²) in [5.74, 6) is -0.634. The minimum Gasteiger partial charge on any atom is -0.459 e. The first kappa shape index (κ1) is 12.3. The molecule has 0 heterocycles. The van der Waals surface area contributed by atoms with E-state index in [1.165, 1.54) is 0 Å². The molecule has 0 saturated carbocycles. The Kier molecular flexibility index (Phi) is 4.10. The van der Waals surface area contributed by atoms with Crippen molar-refractivity contribution in [1.29, 1.82) is 0 Å². The predicted octanol–water partition coefficient (Wildman–Crippen LogP) is 2.46. The lowest BCUT2D eigenvalue weighted by Gasteiger charge is -2.10. The number of carbonyl (C=O) groups is 1. The third kappa shape index (κ3) is 3.18. The fraction of sp³-hybridized carbons (Fsp3) is 0.133. The molecule has 0 fully saturated rings. The predicted molar refractivity (Wildman–Crippen MR) is 67.6 cm³/mol. The SMILES string of the molecule is O=C(OCc1ccccc1)[C@H](O)c1ccccc1. The zero-order chi connectivity index (χ0) is 12.8. The van der Waals surface area contributed by atoms with Crippen LogP contribution in [-0.2, 0) is 16.1 Å². The van der Waals surface area contributed by atoms with Crippen LogP contribution < -0.4 is 0 Å². The number of carbonyl (C=O) groups excluding carboxylic acids is 1. The molecule has 0 aromatic heterocycles.